The van der Waals surface area contributed by atoms with Crippen molar-refractivity contribution >= 4 is 11.4 Å². The summed E-state index contributed by atoms with van der Waals surface area (Å²) in [6.07, 6.45) is 1.79. The van der Waals surface area contributed by atoms with Crippen LogP contribution in [0.25, 0.3) is 0 Å². The van der Waals surface area contributed by atoms with Crippen molar-refractivity contribution in [1.82, 2.24) is 0 Å². The minimum atomic E-state index is -0.223. The second kappa shape index (κ2) is 7.64. The number of halogens is 1. The second-order valence-corrected chi connectivity index (χ2v) is 6.09. The minimum absolute atomic E-state index is 0.135. The SMILES string of the molecule is CCC(CC)(CO)CNc1ccc(N(C)C(C)C)c(F)c1. The van der Waals surface area contributed by atoms with E-state index in [0.29, 0.717) is 12.2 Å². The molecule has 0 bridgehead atoms. The first-order chi connectivity index (χ1) is 9.89. The summed E-state index contributed by atoms with van der Waals surface area (Å²) in [5.41, 5.74) is 1.23. The number of benzene rings is 1. The van der Waals surface area contributed by atoms with Gasteiger partial charge in [0.05, 0.1) is 12.3 Å². The van der Waals surface area contributed by atoms with Crippen LogP contribution in [0, 0.1) is 11.2 Å². The van der Waals surface area contributed by atoms with Crippen LogP contribution in [0.1, 0.15) is 40.5 Å². The Morgan fingerprint density at radius 3 is 2.33 bits per heavy atom. The summed E-state index contributed by atoms with van der Waals surface area (Å²) in [5.74, 6) is -0.223. The molecule has 0 aliphatic carbocycles. The Hall–Kier alpha value is -1.29. The Kier molecular flexibility index (Phi) is 6.46. The van der Waals surface area contributed by atoms with Crippen LogP contribution in [0.3, 0.4) is 0 Å². The van der Waals surface area contributed by atoms with Gasteiger partial charge in [0.25, 0.3) is 0 Å². The van der Waals surface area contributed by atoms with Crippen LogP contribution in [-0.4, -0.2) is 31.3 Å². The molecular weight excluding hydrogens is 267 g/mol. The Labute approximate surface area is 128 Å². The van der Waals surface area contributed by atoms with E-state index < -0.39 is 0 Å². The molecule has 0 radical (unpaired) electrons. The molecule has 4 heteroatoms. The van der Waals surface area contributed by atoms with Crippen LogP contribution >= 0.6 is 0 Å². The van der Waals surface area contributed by atoms with E-state index in [1.165, 1.54) is 6.07 Å². The van der Waals surface area contributed by atoms with Gasteiger partial charge in [-0.05, 0) is 44.9 Å². The number of anilines is 2. The van der Waals surface area contributed by atoms with Gasteiger partial charge in [-0.3, -0.25) is 0 Å². The molecule has 3 nitrogen and oxygen atoms in total. The fraction of sp³-hybridized carbons (Fsp3) is 0.647. The first-order valence-corrected chi connectivity index (χ1v) is 7.76. The topological polar surface area (TPSA) is 35.5 Å². The molecule has 21 heavy (non-hydrogen) atoms. The van der Waals surface area contributed by atoms with Crippen LogP contribution in [0.2, 0.25) is 0 Å². The van der Waals surface area contributed by atoms with Crippen molar-refractivity contribution in [2.24, 2.45) is 5.41 Å². The average molecular weight is 296 g/mol. The van der Waals surface area contributed by atoms with Gasteiger partial charge >= 0.3 is 0 Å². The van der Waals surface area contributed by atoms with Gasteiger partial charge in [0, 0.05) is 30.7 Å². The van der Waals surface area contributed by atoms with Crippen LogP contribution in [-0.2, 0) is 0 Å². The molecule has 0 aliphatic rings. The lowest BCUT2D eigenvalue weighted by Gasteiger charge is -2.30. The Balaban J connectivity index is 2.81. The molecule has 0 atom stereocenters. The molecule has 1 rings (SSSR count). The molecule has 0 spiro atoms. The molecule has 0 aromatic heterocycles. The summed E-state index contributed by atoms with van der Waals surface area (Å²) in [6.45, 7) is 9.00. The van der Waals surface area contributed by atoms with Crippen LogP contribution in [0.4, 0.5) is 15.8 Å². The van der Waals surface area contributed by atoms with Crippen molar-refractivity contribution in [1.29, 1.82) is 0 Å². The minimum Gasteiger partial charge on any atom is -0.396 e. The third kappa shape index (κ3) is 4.34. The molecule has 0 amide bonds. The van der Waals surface area contributed by atoms with Crippen molar-refractivity contribution in [3.63, 3.8) is 0 Å². The highest BCUT2D eigenvalue weighted by Crippen LogP contribution is 2.28. The quantitative estimate of drug-likeness (QED) is 0.764. The van der Waals surface area contributed by atoms with E-state index in [1.807, 2.05) is 31.9 Å². The summed E-state index contributed by atoms with van der Waals surface area (Å²) in [6, 6.07) is 5.48. The molecule has 0 saturated heterocycles. The zero-order valence-electron chi connectivity index (χ0n) is 13.9. The number of aliphatic hydroxyl groups is 1. The van der Waals surface area contributed by atoms with E-state index in [-0.39, 0.29) is 23.9 Å². The predicted molar refractivity (Wildman–Crippen MR) is 88.5 cm³/mol. The van der Waals surface area contributed by atoms with Crippen molar-refractivity contribution in [3.8, 4) is 0 Å². The number of nitrogens with zero attached hydrogens (tertiary/aromatic N) is 1. The van der Waals surface area contributed by atoms with E-state index in [2.05, 4.69) is 19.2 Å². The fourth-order valence-corrected chi connectivity index (χ4v) is 2.25. The maximum absolute atomic E-state index is 14.2. The van der Waals surface area contributed by atoms with Crippen LogP contribution in [0.5, 0.6) is 0 Å². The molecule has 0 unspecified atom stereocenters. The van der Waals surface area contributed by atoms with Crippen molar-refractivity contribution in [3.05, 3.63) is 24.0 Å². The van der Waals surface area contributed by atoms with E-state index >= 15 is 0 Å². The molecular formula is C17H29FN2O. The summed E-state index contributed by atoms with van der Waals surface area (Å²) >= 11 is 0. The van der Waals surface area contributed by atoms with Crippen molar-refractivity contribution < 1.29 is 9.50 Å². The van der Waals surface area contributed by atoms with Gasteiger partial charge in [-0.2, -0.15) is 0 Å². The largest absolute Gasteiger partial charge is 0.396 e. The molecule has 0 heterocycles. The second-order valence-electron chi connectivity index (χ2n) is 6.09. The Morgan fingerprint density at radius 2 is 1.90 bits per heavy atom. The molecule has 0 fully saturated rings. The summed E-state index contributed by atoms with van der Waals surface area (Å²) in [7, 11) is 1.89. The van der Waals surface area contributed by atoms with Crippen molar-refractivity contribution in [2.45, 2.75) is 46.6 Å². The summed E-state index contributed by atoms with van der Waals surface area (Å²) in [5, 5.41) is 12.8. The number of hydrogen-bond donors (Lipinski definition) is 2. The van der Waals surface area contributed by atoms with Gasteiger partial charge < -0.3 is 15.3 Å². The van der Waals surface area contributed by atoms with Gasteiger partial charge in [-0.25, -0.2) is 4.39 Å². The highest BCUT2D eigenvalue weighted by atomic mass is 19.1. The van der Waals surface area contributed by atoms with E-state index in [1.54, 1.807) is 6.07 Å². The van der Waals surface area contributed by atoms with Gasteiger partial charge in [0.2, 0.25) is 0 Å². The molecule has 0 saturated carbocycles. The smallest absolute Gasteiger partial charge is 0.148 e. The third-order valence-electron chi connectivity index (χ3n) is 4.61. The number of hydrogen-bond acceptors (Lipinski definition) is 3. The Bertz CT molecular complexity index is 436. The normalized spacial score (nSPS) is 11.8. The fourth-order valence-electron chi connectivity index (χ4n) is 2.25. The van der Waals surface area contributed by atoms with Crippen LogP contribution in [0.15, 0.2) is 18.2 Å². The summed E-state index contributed by atoms with van der Waals surface area (Å²) in [4.78, 5) is 1.91. The predicted octanol–water partition coefficient (Wildman–Crippen LogP) is 3.88. The summed E-state index contributed by atoms with van der Waals surface area (Å²) < 4.78 is 14.2. The molecule has 1 aromatic carbocycles. The van der Waals surface area contributed by atoms with E-state index in [9.17, 15) is 9.50 Å². The third-order valence-corrected chi connectivity index (χ3v) is 4.61. The van der Waals surface area contributed by atoms with Crippen LogP contribution < -0.4 is 10.2 Å². The number of nitrogens with one attached hydrogen (secondary N) is 1. The highest BCUT2D eigenvalue weighted by Gasteiger charge is 2.25. The molecule has 0 aliphatic heterocycles. The lowest BCUT2D eigenvalue weighted by molar-refractivity contribution is 0.127. The van der Waals surface area contributed by atoms with Gasteiger partial charge in [-0.1, -0.05) is 13.8 Å². The molecule has 1 aromatic rings. The monoisotopic (exact) mass is 296 g/mol. The maximum Gasteiger partial charge on any atom is 0.148 e. The standard InChI is InChI=1S/C17H29FN2O/c1-6-17(7-2,12-21)11-19-14-8-9-16(15(18)10-14)20(5)13(3)4/h8-10,13,19,21H,6-7,11-12H2,1-5H3. The zero-order valence-corrected chi connectivity index (χ0v) is 13.9. The lowest BCUT2D eigenvalue weighted by atomic mass is 9.83. The van der Waals surface area contributed by atoms with Gasteiger partial charge in [0.15, 0.2) is 0 Å². The number of aliphatic hydroxyl groups excluding tert-OH is 1. The Morgan fingerprint density at radius 1 is 1.29 bits per heavy atom. The van der Waals surface area contributed by atoms with E-state index in [4.69, 9.17) is 0 Å². The molecule has 120 valence electrons. The first-order valence-electron chi connectivity index (χ1n) is 7.76. The maximum atomic E-state index is 14.2. The van der Waals surface area contributed by atoms with Gasteiger partial charge in [-0.15, -0.1) is 0 Å². The molecule has 2 N–H and O–H groups in total. The zero-order chi connectivity index (χ0) is 16.0. The van der Waals surface area contributed by atoms with Crippen molar-refractivity contribution in [2.75, 3.05) is 30.4 Å². The highest BCUT2D eigenvalue weighted by molar-refractivity contribution is 5.56. The number of rotatable bonds is 8. The first kappa shape index (κ1) is 17.8. The van der Waals surface area contributed by atoms with Gasteiger partial charge in [0.1, 0.15) is 5.82 Å². The van der Waals surface area contributed by atoms with E-state index in [0.717, 1.165) is 18.5 Å². The lowest BCUT2D eigenvalue weighted by Crippen LogP contribution is -2.32. The average Bonchev–Trinajstić information content (AvgIpc) is 2.48.